The Hall–Kier alpha value is -3.07. The molecule has 2 N–H and O–H groups in total. The van der Waals surface area contributed by atoms with E-state index in [0.717, 1.165) is 12.8 Å². The second kappa shape index (κ2) is 7.88. The second-order valence-corrected chi connectivity index (χ2v) is 8.53. The van der Waals surface area contributed by atoms with Gasteiger partial charge in [0.05, 0.1) is 5.02 Å². The number of carbonyl (C=O) groups excluding carboxylic acids is 4. The first kappa shape index (κ1) is 21.2. The standard InChI is InChI=1S/C21H22ClN3O6/c1-11-6-8-21(9-7-11)19(28)25(20(29)23-21)24-15(26)10-30-18(27)16-12(2)13-4-3-5-14(22)17(13)31-16/h3-5,11H,6-10H2,1-2H3,(H,23,29)(H,24,26). The van der Waals surface area contributed by atoms with Gasteiger partial charge in [-0.25, -0.2) is 9.59 Å². The number of hydrogen-bond donors (Lipinski definition) is 2. The second-order valence-electron chi connectivity index (χ2n) is 8.12. The zero-order chi connectivity index (χ0) is 22.3. The Kier molecular flexibility index (Phi) is 5.38. The van der Waals surface area contributed by atoms with Crippen LogP contribution in [0.25, 0.3) is 11.0 Å². The number of urea groups is 1. The van der Waals surface area contributed by atoms with Gasteiger partial charge in [0.2, 0.25) is 5.76 Å². The molecule has 1 aliphatic heterocycles. The first-order valence-corrected chi connectivity index (χ1v) is 10.4. The minimum Gasteiger partial charge on any atom is -0.450 e. The number of halogens is 1. The number of hydrogen-bond acceptors (Lipinski definition) is 6. The van der Waals surface area contributed by atoms with E-state index in [0.29, 0.717) is 45.3 Å². The number of amides is 4. The lowest BCUT2D eigenvalue weighted by Crippen LogP contribution is -2.52. The van der Waals surface area contributed by atoms with Crippen molar-refractivity contribution < 1.29 is 28.3 Å². The van der Waals surface area contributed by atoms with Crippen LogP contribution < -0.4 is 10.7 Å². The molecular formula is C21H22ClN3O6. The number of furan rings is 1. The van der Waals surface area contributed by atoms with Gasteiger partial charge < -0.3 is 14.5 Å². The predicted molar refractivity (Wildman–Crippen MR) is 110 cm³/mol. The first-order valence-electron chi connectivity index (χ1n) is 10.0. The van der Waals surface area contributed by atoms with Gasteiger partial charge in [-0.15, -0.1) is 0 Å². The number of hydrazine groups is 1. The average Bonchev–Trinajstić information content (AvgIpc) is 3.19. The van der Waals surface area contributed by atoms with Gasteiger partial charge in [0, 0.05) is 10.9 Å². The highest BCUT2D eigenvalue weighted by molar-refractivity contribution is 6.35. The van der Waals surface area contributed by atoms with Gasteiger partial charge in [0.1, 0.15) is 5.54 Å². The molecule has 2 heterocycles. The summed E-state index contributed by atoms with van der Waals surface area (Å²) in [7, 11) is 0. The Morgan fingerprint density at radius 3 is 2.71 bits per heavy atom. The number of nitrogens with zero attached hydrogens (tertiary/aromatic N) is 1. The third kappa shape index (κ3) is 3.74. The molecule has 0 radical (unpaired) electrons. The lowest BCUT2D eigenvalue weighted by atomic mass is 9.77. The van der Waals surface area contributed by atoms with Crippen molar-refractivity contribution in [2.24, 2.45) is 5.92 Å². The Balaban J connectivity index is 1.38. The lowest BCUT2D eigenvalue weighted by molar-refractivity contribution is -0.141. The molecule has 164 valence electrons. The number of imide groups is 1. The van der Waals surface area contributed by atoms with Crippen molar-refractivity contribution in [1.82, 2.24) is 15.8 Å². The normalized spacial score (nSPS) is 23.3. The van der Waals surface area contributed by atoms with E-state index in [9.17, 15) is 19.2 Å². The Morgan fingerprint density at radius 1 is 1.32 bits per heavy atom. The third-order valence-electron chi connectivity index (χ3n) is 5.96. The van der Waals surface area contributed by atoms with Crippen molar-refractivity contribution in [1.29, 1.82) is 0 Å². The van der Waals surface area contributed by atoms with Crippen LogP contribution in [-0.4, -0.2) is 41.0 Å². The monoisotopic (exact) mass is 447 g/mol. The molecule has 4 rings (SSSR count). The van der Waals surface area contributed by atoms with Crippen LogP contribution in [0.2, 0.25) is 5.02 Å². The average molecular weight is 448 g/mol. The molecule has 4 amide bonds. The number of ether oxygens (including phenoxy) is 1. The molecule has 2 fully saturated rings. The summed E-state index contributed by atoms with van der Waals surface area (Å²) < 4.78 is 10.5. The number of benzene rings is 1. The van der Waals surface area contributed by atoms with Crippen LogP contribution in [0.4, 0.5) is 4.79 Å². The minimum absolute atomic E-state index is 0.0684. The van der Waals surface area contributed by atoms with Gasteiger partial charge in [-0.05, 0) is 44.6 Å². The van der Waals surface area contributed by atoms with Crippen LogP contribution in [0.1, 0.15) is 48.7 Å². The van der Waals surface area contributed by atoms with E-state index in [4.69, 9.17) is 20.8 Å². The largest absolute Gasteiger partial charge is 0.450 e. The fraction of sp³-hybridized carbons (Fsp3) is 0.429. The molecule has 2 aliphatic rings. The molecule has 0 atom stereocenters. The predicted octanol–water partition coefficient (Wildman–Crippen LogP) is 3.08. The number of esters is 1. The van der Waals surface area contributed by atoms with Crippen molar-refractivity contribution in [3.63, 3.8) is 0 Å². The fourth-order valence-electron chi connectivity index (χ4n) is 4.07. The third-order valence-corrected chi connectivity index (χ3v) is 6.26. The van der Waals surface area contributed by atoms with Crippen molar-refractivity contribution in [2.45, 2.75) is 45.1 Å². The molecule has 0 unspecified atom stereocenters. The fourth-order valence-corrected chi connectivity index (χ4v) is 4.29. The summed E-state index contributed by atoms with van der Waals surface area (Å²) in [5, 5.41) is 4.38. The molecular weight excluding hydrogens is 426 g/mol. The van der Waals surface area contributed by atoms with Crippen LogP contribution in [-0.2, 0) is 14.3 Å². The maximum Gasteiger partial charge on any atom is 0.375 e. The lowest BCUT2D eigenvalue weighted by Gasteiger charge is -2.33. The zero-order valence-corrected chi connectivity index (χ0v) is 17.9. The molecule has 31 heavy (non-hydrogen) atoms. The van der Waals surface area contributed by atoms with E-state index in [2.05, 4.69) is 17.7 Å². The van der Waals surface area contributed by atoms with Crippen LogP contribution in [0.15, 0.2) is 22.6 Å². The van der Waals surface area contributed by atoms with Crippen LogP contribution in [0.5, 0.6) is 0 Å². The number of carbonyl (C=O) groups is 4. The minimum atomic E-state index is -0.974. The molecule has 1 spiro atoms. The summed E-state index contributed by atoms with van der Waals surface area (Å²) in [6, 6.07) is 4.42. The Labute approximate surface area is 183 Å². The molecule has 1 aromatic heterocycles. The van der Waals surface area contributed by atoms with E-state index in [1.165, 1.54) is 0 Å². The number of aryl methyl sites for hydroxylation is 1. The smallest absolute Gasteiger partial charge is 0.375 e. The van der Waals surface area contributed by atoms with Gasteiger partial charge in [-0.1, -0.05) is 30.7 Å². The SMILES string of the molecule is Cc1c(C(=O)OCC(=O)NN2C(=O)NC3(CCC(C)CC3)C2=O)oc2c(Cl)cccc12. The summed E-state index contributed by atoms with van der Waals surface area (Å²) in [6.45, 7) is 3.08. The highest BCUT2D eigenvalue weighted by atomic mass is 35.5. The molecule has 9 nitrogen and oxygen atoms in total. The number of rotatable bonds is 4. The van der Waals surface area contributed by atoms with E-state index in [-0.39, 0.29) is 5.76 Å². The van der Waals surface area contributed by atoms with Crippen molar-refractivity contribution in [3.05, 3.63) is 34.5 Å². The van der Waals surface area contributed by atoms with Gasteiger partial charge in [-0.2, -0.15) is 5.01 Å². The number of nitrogens with one attached hydrogen (secondary N) is 2. The van der Waals surface area contributed by atoms with E-state index >= 15 is 0 Å². The molecule has 2 aromatic rings. The highest BCUT2D eigenvalue weighted by Gasteiger charge is 2.52. The maximum absolute atomic E-state index is 12.8. The van der Waals surface area contributed by atoms with E-state index in [1.807, 2.05) is 0 Å². The van der Waals surface area contributed by atoms with Crippen molar-refractivity contribution >= 4 is 46.4 Å². The van der Waals surface area contributed by atoms with Crippen LogP contribution in [0.3, 0.4) is 0 Å². The summed E-state index contributed by atoms with van der Waals surface area (Å²) in [4.78, 5) is 49.7. The van der Waals surface area contributed by atoms with Gasteiger partial charge in [0.25, 0.3) is 11.8 Å². The molecule has 10 heteroatoms. The molecule has 1 saturated carbocycles. The van der Waals surface area contributed by atoms with Gasteiger partial charge >= 0.3 is 12.0 Å². The quantitative estimate of drug-likeness (QED) is 0.549. The summed E-state index contributed by atoms with van der Waals surface area (Å²) in [5.41, 5.74) is 2.13. The van der Waals surface area contributed by atoms with Gasteiger partial charge in [0.15, 0.2) is 12.2 Å². The Bertz CT molecular complexity index is 1090. The topological polar surface area (TPSA) is 118 Å². The summed E-state index contributed by atoms with van der Waals surface area (Å²) >= 11 is 6.08. The van der Waals surface area contributed by atoms with Crippen LogP contribution in [0, 0.1) is 12.8 Å². The van der Waals surface area contributed by atoms with Crippen LogP contribution >= 0.6 is 11.6 Å². The first-order chi connectivity index (χ1) is 14.7. The highest BCUT2D eigenvalue weighted by Crippen LogP contribution is 2.36. The molecule has 1 saturated heterocycles. The number of fused-ring (bicyclic) bond motifs is 1. The molecule has 1 aliphatic carbocycles. The zero-order valence-electron chi connectivity index (χ0n) is 17.1. The Morgan fingerprint density at radius 2 is 2.03 bits per heavy atom. The van der Waals surface area contributed by atoms with E-state index < -0.39 is 36.0 Å². The number of para-hydroxylation sites is 1. The summed E-state index contributed by atoms with van der Waals surface area (Å²) in [6.07, 6.45) is 2.67. The van der Waals surface area contributed by atoms with E-state index in [1.54, 1.807) is 25.1 Å². The molecule has 0 bridgehead atoms. The van der Waals surface area contributed by atoms with Crippen molar-refractivity contribution in [3.8, 4) is 0 Å². The summed E-state index contributed by atoms with van der Waals surface area (Å²) in [5.74, 6) is -1.75. The molecule has 1 aromatic carbocycles. The van der Waals surface area contributed by atoms with Gasteiger partial charge in [-0.3, -0.25) is 15.0 Å². The maximum atomic E-state index is 12.8. The van der Waals surface area contributed by atoms with Crippen molar-refractivity contribution in [2.75, 3.05) is 6.61 Å².